The number of hydrogen-bond acceptors (Lipinski definition) is 11. The number of aromatic nitrogens is 3. The number of nitrogens with zero attached hydrogens (tertiary/aromatic N) is 5. The molecule has 1 saturated heterocycles. The summed E-state index contributed by atoms with van der Waals surface area (Å²) in [6, 6.07) is 9.39. The molecular formula is C25H23F5N6O6S2. The minimum atomic E-state index is -4.86. The number of aliphatic hydroxyl groups excluding tert-OH is 1. The van der Waals surface area contributed by atoms with E-state index in [0.29, 0.717) is 15.7 Å². The zero-order chi connectivity index (χ0) is 31.6. The molecule has 1 aliphatic rings. The van der Waals surface area contributed by atoms with Crippen molar-refractivity contribution in [1.29, 1.82) is 0 Å². The summed E-state index contributed by atoms with van der Waals surface area (Å²) in [5.74, 6) is -0.670. The quantitative estimate of drug-likeness (QED) is 0.193. The van der Waals surface area contributed by atoms with Crippen LogP contribution >= 0.6 is 11.3 Å². The van der Waals surface area contributed by atoms with Crippen LogP contribution in [0.25, 0.3) is 4.96 Å². The van der Waals surface area contributed by atoms with E-state index in [1.54, 1.807) is 4.90 Å². The summed E-state index contributed by atoms with van der Waals surface area (Å²) in [5, 5.41) is 18.8. The lowest BCUT2D eigenvalue weighted by Gasteiger charge is -2.42. The molecule has 0 spiro atoms. The van der Waals surface area contributed by atoms with Crippen molar-refractivity contribution in [2.45, 2.75) is 36.7 Å². The van der Waals surface area contributed by atoms with E-state index < -0.39 is 46.6 Å². The molecule has 2 aromatic heterocycles. The molecule has 5 rings (SSSR count). The van der Waals surface area contributed by atoms with E-state index in [0.717, 1.165) is 52.0 Å². The number of nitrogens with one attached hydrogen (secondary N) is 1. The maximum atomic E-state index is 13.7. The third kappa shape index (κ3) is 7.41. The molecule has 0 amide bonds. The first kappa shape index (κ1) is 31.5. The minimum absolute atomic E-state index is 0.0509. The monoisotopic (exact) mass is 662 g/mol. The predicted molar refractivity (Wildman–Crippen MR) is 146 cm³/mol. The first-order chi connectivity index (χ1) is 20.8. The first-order valence-corrected chi connectivity index (χ1v) is 15.0. The second-order valence-electron chi connectivity index (χ2n) is 9.37. The van der Waals surface area contributed by atoms with Gasteiger partial charge in [-0.1, -0.05) is 23.5 Å². The van der Waals surface area contributed by atoms with E-state index in [1.807, 2.05) is 0 Å². The standard InChI is InChI=1S/C25H23F5N6O6S2/c26-22(27)41-16-5-7-18(8-6-16)44(39,40)36-12-11-34(24-33-35-10-9-20(37)32-23(35)43-24)14-19(36)21(38)31-13-15-1-3-17(4-2-15)42-25(28,29)30/h1-10,19,21-22,31,38H,11-14H2/t19-,21?/m1/s1. The van der Waals surface area contributed by atoms with Crippen LogP contribution in [0.4, 0.5) is 27.1 Å². The van der Waals surface area contributed by atoms with Crippen molar-refractivity contribution in [2.75, 3.05) is 24.5 Å². The van der Waals surface area contributed by atoms with Gasteiger partial charge in [0.1, 0.15) is 17.7 Å². The van der Waals surface area contributed by atoms with Crippen LogP contribution in [0.15, 0.2) is 70.5 Å². The van der Waals surface area contributed by atoms with Gasteiger partial charge in [-0.05, 0) is 42.0 Å². The Labute approximate surface area is 249 Å². The highest BCUT2D eigenvalue weighted by Gasteiger charge is 2.41. The summed E-state index contributed by atoms with van der Waals surface area (Å²) < 4.78 is 101. The van der Waals surface area contributed by atoms with Gasteiger partial charge in [-0.25, -0.2) is 12.9 Å². The van der Waals surface area contributed by atoms with Crippen molar-refractivity contribution in [3.8, 4) is 11.5 Å². The third-order valence-corrected chi connectivity index (χ3v) is 9.39. The molecule has 2 aromatic carbocycles. The number of benzene rings is 2. The molecule has 1 aliphatic heterocycles. The zero-order valence-electron chi connectivity index (χ0n) is 22.3. The highest BCUT2D eigenvalue weighted by atomic mass is 32.2. The van der Waals surface area contributed by atoms with Crippen molar-refractivity contribution >= 4 is 31.5 Å². The Morgan fingerprint density at radius 3 is 2.39 bits per heavy atom. The fraction of sp³-hybridized carbons (Fsp3) is 0.320. The Morgan fingerprint density at radius 1 is 1.05 bits per heavy atom. The molecule has 0 saturated carbocycles. The maximum Gasteiger partial charge on any atom is 0.573 e. The number of fused-ring (bicyclic) bond motifs is 1. The number of sulfonamides is 1. The number of anilines is 1. The van der Waals surface area contributed by atoms with Gasteiger partial charge in [-0.15, -0.1) is 18.3 Å². The van der Waals surface area contributed by atoms with Gasteiger partial charge in [0.2, 0.25) is 20.1 Å². The normalized spacial score (nSPS) is 17.2. The van der Waals surface area contributed by atoms with Gasteiger partial charge in [0, 0.05) is 38.4 Å². The van der Waals surface area contributed by atoms with E-state index in [-0.39, 0.29) is 36.8 Å². The van der Waals surface area contributed by atoms with Crippen LogP contribution in [0.3, 0.4) is 0 Å². The third-order valence-electron chi connectivity index (χ3n) is 6.47. The molecule has 0 bridgehead atoms. The van der Waals surface area contributed by atoms with Crippen molar-refractivity contribution in [3.05, 3.63) is 76.7 Å². The molecule has 2 atom stereocenters. The van der Waals surface area contributed by atoms with Crippen LogP contribution in [-0.2, 0) is 16.6 Å². The number of ether oxygens (including phenoxy) is 2. The highest BCUT2D eigenvalue weighted by Crippen LogP contribution is 2.29. The molecule has 12 nitrogen and oxygen atoms in total. The lowest BCUT2D eigenvalue weighted by Crippen LogP contribution is -2.62. The van der Waals surface area contributed by atoms with Gasteiger partial charge in [-0.3, -0.25) is 10.1 Å². The molecule has 2 N–H and O–H groups in total. The van der Waals surface area contributed by atoms with E-state index in [9.17, 15) is 40.3 Å². The fourth-order valence-electron chi connectivity index (χ4n) is 4.47. The van der Waals surface area contributed by atoms with Crippen LogP contribution < -0.4 is 25.2 Å². The zero-order valence-corrected chi connectivity index (χ0v) is 23.9. The lowest BCUT2D eigenvalue weighted by atomic mass is 10.1. The molecule has 1 fully saturated rings. The Morgan fingerprint density at radius 2 is 1.73 bits per heavy atom. The number of alkyl halides is 5. The van der Waals surface area contributed by atoms with Crippen LogP contribution in [0.5, 0.6) is 11.5 Å². The van der Waals surface area contributed by atoms with Crippen molar-refractivity contribution in [2.24, 2.45) is 0 Å². The SMILES string of the molecule is O=c1ccn2nc(N3CCN(S(=O)(=O)c4ccc(OC(F)F)cc4)[C@@H](C(O)NCc4ccc(OC(F)(F)F)cc4)C3)sc2n1. The lowest BCUT2D eigenvalue weighted by molar-refractivity contribution is -0.274. The molecular weight excluding hydrogens is 639 g/mol. The Balaban J connectivity index is 1.38. The summed E-state index contributed by atoms with van der Waals surface area (Å²) in [4.78, 5) is 17.4. The van der Waals surface area contributed by atoms with E-state index >= 15 is 0 Å². The predicted octanol–water partition coefficient (Wildman–Crippen LogP) is 2.64. The van der Waals surface area contributed by atoms with Crippen LogP contribution in [-0.4, -0.2) is 77.3 Å². The average Bonchev–Trinajstić information content (AvgIpc) is 3.39. The second kappa shape index (κ2) is 12.6. The van der Waals surface area contributed by atoms with Crippen LogP contribution in [0, 0.1) is 0 Å². The topological polar surface area (TPSA) is 139 Å². The van der Waals surface area contributed by atoms with E-state index in [4.69, 9.17) is 0 Å². The van der Waals surface area contributed by atoms with Gasteiger partial charge >= 0.3 is 13.0 Å². The Kier molecular flexibility index (Phi) is 9.02. The Bertz CT molecular complexity index is 1750. The maximum absolute atomic E-state index is 13.7. The van der Waals surface area contributed by atoms with Gasteiger partial charge in [0.15, 0.2) is 0 Å². The van der Waals surface area contributed by atoms with Crippen LogP contribution in [0.2, 0.25) is 0 Å². The average molecular weight is 663 g/mol. The Hall–Kier alpha value is -3.91. The van der Waals surface area contributed by atoms with E-state index in [1.165, 1.54) is 28.9 Å². The smallest absolute Gasteiger partial charge is 0.435 e. The molecule has 0 radical (unpaired) electrons. The second-order valence-corrected chi connectivity index (χ2v) is 12.2. The van der Waals surface area contributed by atoms with Crippen molar-refractivity contribution in [3.63, 3.8) is 0 Å². The molecule has 19 heteroatoms. The summed E-state index contributed by atoms with van der Waals surface area (Å²) in [6.45, 7) is -3.19. The van der Waals surface area contributed by atoms with Gasteiger partial charge < -0.3 is 19.5 Å². The molecule has 4 aromatic rings. The fourth-order valence-corrected chi connectivity index (χ4v) is 7.00. The number of halogens is 5. The highest BCUT2D eigenvalue weighted by molar-refractivity contribution is 7.89. The number of aliphatic hydroxyl groups is 1. The number of piperazine rings is 1. The summed E-state index contributed by atoms with van der Waals surface area (Å²) in [5.41, 5.74) is 0.00825. The van der Waals surface area contributed by atoms with Crippen molar-refractivity contribution < 1.29 is 45.0 Å². The molecule has 3 heterocycles. The summed E-state index contributed by atoms with van der Waals surface area (Å²) in [6.07, 6.45) is -4.91. The summed E-state index contributed by atoms with van der Waals surface area (Å²) >= 11 is 1.09. The molecule has 44 heavy (non-hydrogen) atoms. The number of rotatable bonds is 10. The van der Waals surface area contributed by atoms with E-state index in [2.05, 4.69) is 24.9 Å². The van der Waals surface area contributed by atoms with Gasteiger partial charge in [0.05, 0.1) is 10.9 Å². The first-order valence-electron chi connectivity index (χ1n) is 12.7. The van der Waals surface area contributed by atoms with Crippen molar-refractivity contribution in [1.82, 2.24) is 24.2 Å². The molecule has 0 aliphatic carbocycles. The minimum Gasteiger partial charge on any atom is -0.435 e. The van der Waals surface area contributed by atoms with Gasteiger partial charge in [-0.2, -0.15) is 18.1 Å². The number of hydrogen-bond donors (Lipinski definition) is 2. The molecule has 1 unspecified atom stereocenters. The van der Waals surface area contributed by atoms with Gasteiger partial charge in [0.25, 0.3) is 5.56 Å². The summed E-state index contributed by atoms with van der Waals surface area (Å²) in [7, 11) is -4.28. The molecule has 236 valence electrons. The largest absolute Gasteiger partial charge is 0.573 e. The van der Waals surface area contributed by atoms with Crippen LogP contribution in [0.1, 0.15) is 5.56 Å².